The summed E-state index contributed by atoms with van der Waals surface area (Å²) in [6.45, 7) is 0.0875. The topological polar surface area (TPSA) is 194 Å². The van der Waals surface area contributed by atoms with E-state index < -0.39 is 29.2 Å². The van der Waals surface area contributed by atoms with Crippen LogP contribution in [-0.2, 0) is 25.8 Å². The van der Waals surface area contributed by atoms with Gasteiger partial charge in [0.25, 0.3) is 23.8 Å². The van der Waals surface area contributed by atoms with Gasteiger partial charge in [0.15, 0.2) is 10.8 Å². The number of nitrogen functional groups attached to an aromatic ring is 1. The third kappa shape index (κ3) is 4.31. The number of methoxy groups -OCH3 is 1. The van der Waals surface area contributed by atoms with Crippen LogP contribution in [-0.4, -0.2) is 79.6 Å². The first kappa shape index (κ1) is 24.4. The Morgan fingerprint density at radius 1 is 1.38 bits per heavy atom. The second-order valence-electron chi connectivity index (χ2n) is 7.76. The molecule has 3 aromatic rings. The van der Waals surface area contributed by atoms with Crippen molar-refractivity contribution in [3.05, 3.63) is 40.8 Å². The van der Waals surface area contributed by atoms with Crippen LogP contribution in [0.15, 0.2) is 40.3 Å². The number of β-lactam (4-membered cyclic amide) rings is 1. The van der Waals surface area contributed by atoms with E-state index in [4.69, 9.17) is 15.3 Å². The van der Waals surface area contributed by atoms with Crippen LogP contribution in [0.2, 0.25) is 0 Å². The number of anilines is 1. The van der Waals surface area contributed by atoms with E-state index in [0.717, 1.165) is 16.2 Å². The maximum Gasteiger partial charge on any atom is 0.289 e. The molecule has 0 radical (unpaired) electrons. The lowest BCUT2D eigenvalue weighted by Gasteiger charge is -2.50. The van der Waals surface area contributed by atoms with Gasteiger partial charge in [-0.3, -0.25) is 14.5 Å². The third-order valence-corrected chi connectivity index (χ3v) is 7.63. The number of nitrogens with one attached hydrogen (secondary N) is 1. The molecule has 2 aliphatic heterocycles. The van der Waals surface area contributed by atoms with Gasteiger partial charge in [-0.25, -0.2) is 4.98 Å². The predicted octanol–water partition coefficient (Wildman–Crippen LogP) is -2.48. The van der Waals surface area contributed by atoms with Crippen LogP contribution in [0.5, 0.6) is 5.88 Å². The molecule has 0 aliphatic carbocycles. The molecule has 17 heteroatoms. The number of rotatable bonds is 8. The van der Waals surface area contributed by atoms with E-state index in [-0.39, 0.29) is 34.5 Å². The number of carbonyl (C=O) groups is 3. The summed E-state index contributed by atoms with van der Waals surface area (Å²) >= 11 is 2.42. The molecule has 5 rings (SSSR count). The van der Waals surface area contributed by atoms with E-state index in [1.807, 2.05) is 0 Å². The van der Waals surface area contributed by atoms with Crippen molar-refractivity contribution in [1.82, 2.24) is 30.1 Å². The number of hydrogen-bond donors (Lipinski definition) is 2. The first-order valence-corrected chi connectivity index (χ1v) is 12.5. The number of nitrogens with two attached hydrogens (primary N) is 1. The van der Waals surface area contributed by atoms with Crippen molar-refractivity contribution < 1.29 is 33.6 Å². The molecule has 0 bridgehead atoms. The van der Waals surface area contributed by atoms with Gasteiger partial charge >= 0.3 is 0 Å². The molecule has 3 N–H and O–H groups in total. The molecule has 1 fully saturated rings. The van der Waals surface area contributed by atoms with Gasteiger partial charge in [0.1, 0.15) is 30.8 Å². The van der Waals surface area contributed by atoms with Crippen LogP contribution >= 0.6 is 23.1 Å². The first-order chi connectivity index (χ1) is 17.8. The lowest BCUT2D eigenvalue weighted by Crippen LogP contribution is -2.71. The van der Waals surface area contributed by atoms with E-state index in [1.165, 1.54) is 42.2 Å². The van der Waals surface area contributed by atoms with E-state index in [1.54, 1.807) is 16.8 Å². The van der Waals surface area contributed by atoms with Crippen LogP contribution < -0.4 is 25.4 Å². The average Bonchev–Trinajstić information content (AvgIpc) is 3.50. The molecule has 2 aliphatic rings. The molecule has 2 amide bonds. The van der Waals surface area contributed by atoms with Gasteiger partial charge < -0.3 is 30.5 Å². The summed E-state index contributed by atoms with van der Waals surface area (Å²) in [5.74, 6) is -2.15. The Balaban J connectivity index is 1.37. The molecule has 2 atom stereocenters. The highest BCUT2D eigenvalue weighted by Crippen LogP contribution is 2.40. The van der Waals surface area contributed by atoms with Crippen molar-refractivity contribution in [1.29, 1.82) is 0 Å². The van der Waals surface area contributed by atoms with Crippen molar-refractivity contribution in [2.24, 2.45) is 5.16 Å². The van der Waals surface area contributed by atoms with Gasteiger partial charge in [0.05, 0.1) is 18.8 Å². The fourth-order valence-electron chi connectivity index (χ4n) is 3.98. The van der Waals surface area contributed by atoms with E-state index in [0.29, 0.717) is 17.1 Å². The second-order valence-corrected chi connectivity index (χ2v) is 9.76. The molecule has 5 heterocycles. The molecular formula is C20H19N9O6S2. The minimum Gasteiger partial charge on any atom is -0.543 e. The fraction of sp³-hybridized carbons (Fsp3) is 0.300. The molecule has 0 saturated carbocycles. The lowest BCUT2D eigenvalue weighted by molar-refractivity contribution is -0.582. The number of oxime groups is 1. The second kappa shape index (κ2) is 9.66. The summed E-state index contributed by atoms with van der Waals surface area (Å²) in [6, 6.07) is 2.40. The zero-order chi connectivity index (χ0) is 26.3. The highest BCUT2D eigenvalue weighted by atomic mass is 32.2. The van der Waals surface area contributed by atoms with Crippen LogP contribution in [0.4, 0.5) is 5.13 Å². The zero-order valence-corrected chi connectivity index (χ0v) is 21.0. The van der Waals surface area contributed by atoms with Crippen LogP contribution in [0.25, 0.3) is 5.65 Å². The van der Waals surface area contributed by atoms with E-state index >= 15 is 0 Å². The van der Waals surface area contributed by atoms with E-state index in [9.17, 15) is 19.5 Å². The van der Waals surface area contributed by atoms with E-state index in [2.05, 4.69) is 25.7 Å². The summed E-state index contributed by atoms with van der Waals surface area (Å²) in [7, 11) is 2.76. The van der Waals surface area contributed by atoms with Crippen molar-refractivity contribution in [2.45, 2.75) is 18.0 Å². The number of carboxylic acid groups (broad SMARTS) is 1. The highest BCUT2D eigenvalue weighted by molar-refractivity contribution is 8.00. The number of aliphatic carboxylic acids is 1. The van der Waals surface area contributed by atoms with Gasteiger partial charge in [0.2, 0.25) is 5.88 Å². The standard InChI is InChI=1S/C20H19N9O6S2/c1-34-11-3-4-12-27(22-8-28(12)25-11)5-9-6-36-18-14(17(31)29(18)15(9)19(32)33)24-16(30)13(26-35-2)10-7-37-20(21)23-10/h3-4,7-8,14,18H,5-6H2,1-2H3,(H3-,21,23,24,30,32,33)/b26-13-/t14-,18-/m1/s1. The third-order valence-electron chi connectivity index (χ3n) is 5.62. The number of thiazole rings is 1. The molecule has 0 unspecified atom stereocenters. The summed E-state index contributed by atoms with van der Waals surface area (Å²) < 4.78 is 8.15. The first-order valence-electron chi connectivity index (χ1n) is 10.6. The fourth-order valence-corrected chi connectivity index (χ4v) is 5.86. The molecule has 1 saturated heterocycles. The van der Waals surface area contributed by atoms with Crippen LogP contribution in [0.1, 0.15) is 5.69 Å². The maximum atomic E-state index is 13.0. The number of carbonyl (C=O) groups excluding carboxylic acids is 3. The zero-order valence-electron chi connectivity index (χ0n) is 19.4. The Labute approximate surface area is 216 Å². The SMILES string of the molecule is CO/N=C(\C(=O)N[C@@H]1C(=O)N2C(C(=O)[O-])=C(Cn3nc[n+]4nc(OC)ccc34)CS[C@H]12)c1csc(N)n1. The largest absolute Gasteiger partial charge is 0.543 e. The number of aromatic nitrogens is 5. The quantitative estimate of drug-likeness (QED) is 0.132. The molecule has 192 valence electrons. The monoisotopic (exact) mass is 545 g/mol. The van der Waals surface area contributed by atoms with Crippen LogP contribution in [0.3, 0.4) is 0 Å². The molecule has 3 aromatic heterocycles. The molecular weight excluding hydrogens is 526 g/mol. The number of nitrogens with zero attached hydrogens (tertiary/aromatic N) is 7. The number of thioether (sulfide) groups is 1. The summed E-state index contributed by atoms with van der Waals surface area (Å²) in [4.78, 5) is 47.9. The lowest BCUT2D eigenvalue weighted by atomic mass is 10.0. The minimum atomic E-state index is -1.50. The maximum absolute atomic E-state index is 13.0. The van der Waals surface area contributed by atoms with Gasteiger partial charge in [0, 0.05) is 33.9 Å². The Morgan fingerprint density at radius 2 is 2.19 bits per heavy atom. The summed E-state index contributed by atoms with van der Waals surface area (Å²) in [6.07, 6.45) is 1.46. The minimum absolute atomic E-state index is 0.0875. The summed E-state index contributed by atoms with van der Waals surface area (Å²) in [5, 5.41) is 28.0. The van der Waals surface area contributed by atoms with Crippen molar-refractivity contribution in [3.63, 3.8) is 0 Å². The molecule has 0 spiro atoms. The number of hydrogen-bond acceptors (Lipinski definition) is 13. The van der Waals surface area contributed by atoms with Crippen molar-refractivity contribution >= 4 is 57.4 Å². The Kier molecular flexibility index (Phi) is 6.38. The van der Waals surface area contributed by atoms with Gasteiger partial charge in [-0.2, -0.15) is 0 Å². The Hall–Kier alpha value is -4.25. The average molecular weight is 546 g/mol. The molecule has 15 nitrogen and oxygen atoms in total. The smallest absolute Gasteiger partial charge is 0.289 e. The molecule has 0 aromatic carbocycles. The Morgan fingerprint density at radius 3 is 2.86 bits per heavy atom. The van der Waals surface area contributed by atoms with Crippen LogP contribution in [0, 0.1) is 0 Å². The molecule has 37 heavy (non-hydrogen) atoms. The van der Waals surface area contributed by atoms with Gasteiger partial charge in [-0.15, -0.1) is 27.8 Å². The number of amides is 2. The Bertz CT molecular complexity index is 1480. The van der Waals surface area contributed by atoms with Crippen molar-refractivity contribution in [2.75, 3.05) is 25.7 Å². The summed E-state index contributed by atoms with van der Waals surface area (Å²) in [5.41, 5.74) is 6.45. The number of fused-ring (bicyclic) bond motifs is 2. The normalized spacial score (nSPS) is 19.5. The highest BCUT2D eigenvalue weighted by Gasteiger charge is 2.53. The predicted molar refractivity (Wildman–Crippen MR) is 127 cm³/mol. The van der Waals surface area contributed by atoms with Gasteiger partial charge in [-0.1, -0.05) is 14.8 Å². The number of carboxylic acids is 1. The van der Waals surface area contributed by atoms with Gasteiger partial charge in [-0.05, 0) is 0 Å². The van der Waals surface area contributed by atoms with Crippen molar-refractivity contribution in [3.8, 4) is 5.88 Å². The number of ether oxygens (including phenoxy) is 1.